The number of rotatable bonds is 3. The molecule has 0 radical (unpaired) electrons. The number of carbonyl (C=O) groups is 1. The molecule has 122 valence electrons. The van der Waals surface area contributed by atoms with Gasteiger partial charge < -0.3 is 9.64 Å². The quantitative estimate of drug-likeness (QED) is 0.663. The van der Waals surface area contributed by atoms with Crippen molar-refractivity contribution in [2.24, 2.45) is 5.92 Å². The van der Waals surface area contributed by atoms with Crippen LogP contribution in [-0.2, 0) is 19.7 Å². The Bertz CT molecular complexity index is 575. The van der Waals surface area contributed by atoms with Gasteiger partial charge in [0.25, 0.3) is 16.1 Å². The maximum absolute atomic E-state index is 12.5. The Balaban J connectivity index is 1.63. The predicted octanol–water partition coefficient (Wildman–Crippen LogP) is -0.990. The van der Waals surface area contributed by atoms with E-state index in [0.717, 1.165) is 25.9 Å². The standard InChI is InChI=1S/C13H20N4O4S/c14-7-11-8-17(9-11)22(19,20)16-5-6-21-12(10-16)13(18)15-3-1-2-4-15/h11-12H,1-6,8-10H2/t12-/m0/s1. The van der Waals surface area contributed by atoms with E-state index in [-0.39, 0.29) is 44.6 Å². The van der Waals surface area contributed by atoms with Crippen molar-refractivity contribution in [1.29, 1.82) is 5.26 Å². The molecule has 3 rings (SSSR count). The van der Waals surface area contributed by atoms with Crippen LogP contribution in [0, 0.1) is 17.2 Å². The highest BCUT2D eigenvalue weighted by Crippen LogP contribution is 2.23. The summed E-state index contributed by atoms with van der Waals surface area (Å²) in [4.78, 5) is 14.1. The van der Waals surface area contributed by atoms with Crippen LogP contribution >= 0.6 is 0 Å². The molecule has 0 aromatic heterocycles. The summed E-state index contributed by atoms with van der Waals surface area (Å²) in [6.07, 6.45) is 1.27. The molecular formula is C13H20N4O4S. The van der Waals surface area contributed by atoms with Crippen molar-refractivity contribution >= 4 is 16.1 Å². The molecule has 0 unspecified atom stereocenters. The molecule has 0 aromatic carbocycles. The monoisotopic (exact) mass is 328 g/mol. The smallest absolute Gasteiger partial charge is 0.282 e. The fraction of sp³-hybridized carbons (Fsp3) is 0.846. The molecule has 3 aliphatic rings. The van der Waals surface area contributed by atoms with Crippen LogP contribution in [0.5, 0.6) is 0 Å². The number of morpholine rings is 1. The number of carbonyl (C=O) groups excluding carboxylic acids is 1. The highest BCUT2D eigenvalue weighted by molar-refractivity contribution is 7.86. The third kappa shape index (κ3) is 2.84. The second-order valence-electron chi connectivity index (χ2n) is 5.90. The summed E-state index contributed by atoms with van der Waals surface area (Å²) in [5.41, 5.74) is 0. The lowest BCUT2D eigenvalue weighted by molar-refractivity contribution is -0.146. The van der Waals surface area contributed by atoms with Gasteiger partial charge in [0.1, 0.15) is 6.10 Å². The van der Waals surface area contributed by atoms with Crippen LogP contribution in [0.3, 0.4) is 0 Å². The summed E-state index contributed by atoms with van der Waals surface area (Å²) in [6, 6.07) is 2.06. The van der Waals surface area contributed by atoms with Gasteiger partial charge >= 0.3 is 0 Å². The van der Waals surface area contributed by atoms with E-state index >= 15 is 0 Å². The van der Waals surface area contributed by atoms with Crippen molar-refractivity contribution in [2.45, 2.75) is 18.9 Å². The molecule has 0 aromatic rings. The number of nitrogens with zero attached hydrogens (tertiary/aromatic N) is 4. The fourth-order valence-electron chi connectivity index (χ4n) is 3.00. The van der Waals surface area contributed by atoms with Crippen molar-refractivity contribution in [3.8, 4) is 6.07 Å². The molecule has 8 nitrogen and oxygen atoms in total. The lowest BCUT2D eigenvalue weighted by atomic mass is 10.1. The minimum Gasteiger partial charge on any atom is -0.366 e. The average Bonchev–Trinajstić information content (AvgIpc) is 2.99. The van der Waals surface area contributed by atoms with Crippen molar-refractivity contribution in [1.82, 2.24) is 13.5 Å². The molecule has 0 bridgehead atoms. The van der Waals surface area contributed by atoms with E-state index in [2.05, 4.69) is 6.07 Å². The van der Waals surface area contributed by atoms with Crippen LogP contribution in [0.1, 0.15) is 12.8 Å². The third-order valence-corrected chi connectivity index (χ3v) is 6.34. The van der Waals surface area contributed by atoms with Gasteiger partial charge in [-0.3, -0.25) is 4.79 Å². The lowest BCUT2D eigenvalue weighted by Gasteiger charge is -2.40. The maximum Gasteiger partial charge on any atom is 0.282 e. The Hall–Kier alpha value is -1.21. The van der Waals surface area contributed by atoms with Crippen LogP contribution in [0.15, 0.2) is 0 Å². The fourth-order valence-corrected chi connectivity index (χ4v) is 4.69. The number of hydrogen-bond acceptors (Lipinski definition) is 5. The average molecular weight is 328 g/mol. The molecule has 1 atom stereocenters. The van der Waals surface area contributed by atoms with E-state index in [1.54, 1.807) is 4.90 Å². The summed E-state index contributed by atoms with van der Waals surface area (Å²) in [5.74, 6) is -0.339. The summed E-state index contributed by atoms with van der Waals surface area (Å²) in [5, 5.41) is 8.76. The molecule has 3 saturated heterocycles. The SMILES string of the molecule is N#CC1CN(S(=O)(=O)N2CCO[C@H](C(=O)N3CCCC3)C2)C1. The van der Waals surface area contributed by atoms with E-state index in [0.29, 0.717) is 0 Å². The van der Waals surface area contributed by atoms with Crippen molar-refractivity contribution in [3.63, 3.8) is 0 Å². The Kier molecular flexibility index (Phi) is 4.36. The number of nitriles is 1. The highest BCUT2D eigenvalue weighted by Gasteiger charge is 2.42. The number of hydrogen-bond donors (Lipinski definition) is 0. The summed E-state index contributed by atoms with van der Waals surface area (Å²) in [6.45, 7) is 2.45. The minimum absolute atomic E-state index is 0.0609. The number of amides is 1. The predicted molar refractivity (Wildman–Crippen MR) is 76.7 cm³/mol. The topological polar surface area (TPSA) is 94.0 Å². The first kappa shape index (κ1) is 15.7. The van der Waals surface area contributed by atoms with Gasteiger partial charge in [-0.15, -0.1) is 0 Å². The zero-order valence-corrected chi connectivity index (χ0v) is 13.2. The molecule has 0 aliphatic carbocycles. The molecule has 1 amide bonds. The van der Waals surface area contributed by atoms with Gasteiger partial charge in [-0.2, -0.15) is 22.3 Å². The molecule has 22 heavy (non-hydrogen) atoms. The second kappa shape index (κ2) is 6.12. The Labute approximate surface area is 130 Å². The van der Waals surface area contributed by atoms with Gasteiger partial charge in [0.15, 0.2) is 0 Å². The van der Waals surface area contributed by atoms with Gasteiger partial charge in [-0.25, -0.2) is 0 Å². The van der Waals surface area contributed by atoms with Crippen molar-refractivity contribution < 1.29 is 17.9 Å². The Morgan fingerprint density at radius 2 is 1.77 bits per heavy atom. The van der Waals surface area contributed by atoms with Crippen LogP contribution in [0.2, 0.25) is 0 Å². The molecular weight excluding hydrogens is 308 g/mol. The second-order valence-corrected chi connectivity index (χ2v) is 7.83. The molecule has 3 heterocycles. The zero-order valence-electron chi connectivity index (χ0n) is 12.3. The van der Waals surface area contributed by atoms with E-state index < -0.39 is 16.3 Å². The van der Waals surface area contributed by atoms with Crippen molar-refractivity contribution in [3.05, 3.63) is 0 Å². The van der Waals surface area contributed by atoms with Crippen molar-refractivity contribution in [2.75, 3.05) is 45.9 Å². The summed E-state index contributed by atoms with van der Waals surface area (Å²) >= 11 is 0. The molecule has 3 fully saturated rings. The minimum atomic E-state index is -3.59. The molecule has 3 aliphatic heterocycles. The number of ether oxygens (including phenoxy) is 1. The van der Waals surface area contributed by atoms with Gasteiger partial charge in [-0.1, -0.05) is 0 Å². The molecule has 0 spiro atoms. The number of likely N-dealkylation sites (tertiary alicyclic amines) is 1. The largest absolute Gasteiger partial charge is 0.366 e. The first-order valence-corrected chi connectivity index (χ1v) is 8.97. The first-order valence-electron chi connectivity index (χ1n) is 7.57. The normalized spacial score (nSPS) is 28.3. The Morgan fingerprint density at radius 3 is 2.41 bits per heavy atom. The van der Waals surface area contributed by atoms with Crippen LogP contribution in [-0.4, -0.2) is 79.8 Å². The first-order chi connectivity index (χ1) is 10.5. The zero-order chi connectivity index (χ0) is 15.7. The van der Waals surface area contributed by atoms with Gasteiger partial charge in [0, 0.05) is 32.7 Å². The van der Waals surface area contributed by atoms with E-state index in [4.69, 9.17) is 10.00 Å². The summed E-state index contributed by atoms with van der Waals surface area (Å²) < 4.78 is 33.0. The third-order valence-electron chi connectivity index (χ3n) is 4.41. The van der Waals surface area contributed by atoms with Crippen LogP contribution < -0.4 is 0 Å². The molecule has 0 N–H and O–H groups in total. The molecule has 0 saturated carbocycles. The highest BCUT2D eigenvalue weighted by atomic mass is 32.2. The van der Waals surface area contributed by atoms with Gasteiger partial charge in [0.05, 0.1) is 25.1 Å². The summed E-state index contributed by atoms with van der Waals surface area (Å²) in [7, 11) is -3.59. The van der Waals surface area contributed by atoms with Gasteiger partial charge in [-0.05, 0) is 12.8 Å². The van der Waals surface area contributed by atoms with Crippen LogP contribution in [0.25, 0.3) is 0 Å². The van der Waals surface area contributed by atoms with E-state index in [1.807, 2.05) is 0 Å². The van der Waals surface area contributed by atoms with Crippen LogP contribution in [0.4, 0.5) is 0 Å². The molecule has 9 heteroatoms. The lowest BCUT2D eigenvalue weighted by Crippen LogP contribution is -2.59. The maximum atomic E-state index is 12.5. The van der Waals surface area contributed by atoms with E-state index in [9.17, 15) is 13.2 Å². The van der Waals surface area contributed by atoms with Gasteiger partial charge in [0.2, 0.25) is 0 Å². The Morgan fingerprint density at radius 1 is 1.09 bits per heavy atom. The van der Waals surface area contributed by atoms with E-state index in [1.165, 1.54) is 8.61 Å².